The van der Waals surface area contributed by atoms with Crippen molar-refractivity contribution in [2.45, 2.75) is 55.3 Å². The number of nitrogens with one attached hydrogen (secondary N) is 1. The van der Waals surface area contributed by atoms with E-state index in [0.29, 0.717) is 11.3 Å². The Kier molecular flexibility index (Phi) is 5.51. The molecule has 3 unspecified atom stereocenters. The van der Waals surface area contributed by atoms with Crippen LogP contribution >= 0.6 is 11.8 Å². The second kappa shape index (κ2) is 7.15. The van der Waals surface area contributed by atoms with E-state index in [4.69, 9.17) is 0 Å². The monoisotopic (exact) mass is 264 g/mol. The van der Waals surface area contributed by atoms with Crippen molar-refractivity contribution in [3.05, 3.63) is 24.4 Å². The molecule has 0 aliphatic heterocycles. The molecular formula is C15H24N2S. The van der Waals surface area contributed by atoms with Gasteiger partial charge in [-0.2, -0.15) is 0 Å². The highest BCUT2D eigenvalue weighted by atomic mass is 32.2. The van der Waals surface area contributed by atoms with Gasteiger partial charge in [0.05, 0.1) is 5.03 Å². The van der Waals surface area contributed by atoms with E-state index >= 15 is 0 Å². The molecule has 1 N–H and O–H groups in total. The van der Waals surface area contributed by atoms with Gasteiger partial charge < -0.3 is 5.32 Å². The summed E-state index contributed by atoms with van der Waals surface area (Å²) in [6, 6.07) is 6.84. The molecule has 1 aliphatic rings. The third-order valence-corrected chi connectivity index (χ3v) is 5.18. The van der Waals surface area contributed by atoms with Crippen molar-refractivity contribution in [3.8, 4) is 0 Å². The van der Waals surface area contributed by atoms with Crippen LogP contribution in [0.15, 0.2) is 29.4 Å². The maximum absolute atomic E-state index is 4.45. The Morgan fingerprint density at radius 2 is 2.28 bits per heavy atom. The molecule has 0 aromatic carbocycles. The number of nitrogens with zero attached hydrogens (tertiary/aromatic N) is 1. The van der Waals surface area contributed by atoms with E-state index in [2.05, 4.69) is 36.4 Å². The normalized spacial score (nSPS) is 28.2. The van der Waals surface area contributed by atoms with E-state index in [0.717, 1.165) is 5.92 Å². The second-order valence-corrected chi connectivity index (χ2v) is 6.45. The second-order valence-electron chi connectivity index (χ2n) is 5.19. The molecule has 1 aromatic heterocycles. The van der Waals surface area contributed by atoms with Crippen LogP contribution in [0.5, 0.6) is 0 Å². The van der Waals surface area contributed by atoms with Crippen molar-refractivity contribution in [1.82, 2.24) is 10.3 Å². The third kappa shape index (κ3) is 3.72. The maximum Gasteiger partial charge on any atom is 0.0963 e. The first-order valence-corrected chi connectivity index (χ1v) is 7.96. The summed E-state index contributed by atoms with van der Waals surface area (Å²) in [5, 5.41) is 5.33. The zero-order valence-corrected chi connectivity index (χ0v) is 12.2. The summed E-state index contributed by atoms with van der Waals surface area (Å²) in [6.07, 6.45) is 8.62. The van der Waals surface area contributed by atoms with Gasteiger partial charge in [-0.15, -0.1) is 11.8 Å². The topological polar surface area (TPSA) is 24.9 Å². The van der Waals surface area contributed by atoms with Crippen LogP contribution < -0.4 is 5.32 Å². The van der Waals surface area contributed by atoms with Crippen LogP contribution in [0.4, 0.5) is 0 Å². The highest BCUT2D eigenvalue weighted by molar-refractivity contribution is 7.99. The molecule has 2 rings (SSSR count). The summed E-state index contributed by atoms with van der Waals surface area (Å²) in [7, 11) is 2.09. The number of thioether (sulfide) groups is 1. The number of hydrogen-bond donors (Lipinski definition) is 1. The predicted molar refractivity (Wildman–Crippen MR) is 79.0 cm³/mol. The summed E-state index contributed by atoms with van der Waals surface area (Å²) >= 11 is 1.95. The average Bonchev–Trinajstić information content (AvgIpc) is 2.41. The molecule has 0 radical (unpaired) electrons. The molecule has 1 aromatic rings. The largest absolute Gasteiger partial charge is 0.316 e. The number of aromatic nitrogens is 1. The minimum atomic E-state index is 0.644. The predicted octanol–water partition coefficient (Wildman–Crippen LogP) is 3.73. The Balaban J connectivity index is 1.98. The number of pyridine rings is 1. The van der Waals surface area contributed by atoms with Gasteiger partial charge in [-0.3, -0.25) is 0 Å². The van der Waals surface area contributed by atoms with E-state index in [1.54, 1.807) is 0 Å². The molecule has 3 heteroatoms. The Labute approximate surface area is 115 Å². The van der Waals surface area contributed by atoms with Crippen molar-refractivity contribution < 1.29 is 0 Å². The van der Waals surface area contributed by atoms with Crippen LogP contribution in [-0.2, 0) is 0 Å². The van der Waals surface area contributed by atoms with Gasteiger partial charge in [0.2, 0.25) is 0 Å². The lowest BCUT2D eigenvalue weighted by atomic mass is 9.83. The molecule has 18 heavy (non-hydrogen) atoms. The van der Waals surface area contributed by atoms with E-state index in [-0.39, 0.29) is 0 Å². The lowest BCUT2D eigenvalue weighted by molar-refractivity contribution is 0.295. The van der Waals surface area contributed by atoms with Crippen molar-refractivity contribution in [2.24, 2.45) is 5.92 Å². The fourth-order valence-corrected chi connectivity index (χ4v) is 4.31. The van der Waals surface area contributed by atoms with Crippen molar-refractivity contribution in [1.29, 1.82) is 0 Å². The minimum absolute atomic E-state index is 0.644. The molecular weight excluding hydrogens is 240 g/mol. The summed E-state index contributed by atoms with van der Waals surface area (Å²) in [5.74, 6) is 0.917. The molecule has 100 valence electrons. The van der Waals surface area contributed by atoms with Crippen LogP contribution in [0.1, 0.15) is 39.0 Å². The van der Waals surface area contributed by atoms with Crippen LogP contribution in [0, 0.1) is 5.92 Å². The number of hydrogen-bond acceptors (Lipinski definition) is 3. The smallest absolute Gasteiger partial charge is 0.0963 e. The van der Waals surface area contributed by atoms with Gasteiger partial charge in [0, 0.05) is 17.5 Å². The lowest BCUT2D eigenvalue weighted by Gasteiger charge is -2.35. The molecule has 1 fully saturated rings. The molecule has 1 saturated carbocycles. The highest BCUT2D eigenvalue weighted by Gasteiger charge is 2.30. The molecule has 1 aliphatic carbocycles. The molecule has 0 saturated heterocycles. The summed E-state index contributed by atoms with van der Waals surface area (Å²) < 4.78 is 0. The first-order chi connectivity index (χ1) is 8.83. The standard InChI is InChI=1S/C15H24N2S/c1-3-6-12-8-9-13(16-2)14(11-12)18-15-7-4-5-10-17-15/h4-5,7,10,12-14,16H,3,6,8-9,11H2,1-2H3. The first-order valence-electron chi connectivity index (χ1n) is 7.08. The number of rotatable bonds is 5. The molecule has 0 spiro atoms. The molecule has 0 bridgehead atoms. The molecule has 3 atom stereocenters. The van der Waals surface area contributed by atoms with Crippen molar-refractivity contribution >= 4 is 11.8 Å². The van der Waals surface area contributed by atoms with Crippen LogP contribution in [-0.4, -0.2) is 23.3 Å². The van der Waals surface area contributed by atoms with Gasteiger partial charge in [-0.05, 0) is 44.4 Å². The fourth-order valence-electron chi connectivity index (χ4n) is 2.91. The van der Waals surface area contributed by atoms with Crippen LogP contribution in [0.2, 0.25) is 0 Å². The van der Waals surface area contributed by atoms with Crippen molar-refractivity contribution in [2.75, 3.05) is 7.05 Å². The van der Waals surface area contributed by atoms with E-state index < -0.39 is 0 Å². The molecule has 1 heterocycles. The Bertz CT molecular complexity index is 342. The summed E-state index contributed by atoms with van der Waals surface area (Å²) in [6.45, 7) is 2.30. The van der Waals surface area contributed by atoms with Gasteiger partial charge in [-0.25, -0.2) is 4.98 Å². The van der Waals surface area contributed by atoms with Gasteiger partial charge in [0.25, 0.3) is 0 Å². The summed E-state index contributed by atoms with van der Waals surface area (Å²) in [4.78, 5) is 4.45. The van der Waals surface area contributed by atoms with Crippen LogP contribution in [0.3, 0.4) is 0 Å². The highest BCUT2D eigenvalue weighted by Crippen LogP contribution is 2.37. The van der Waals surface area contributed by atoms with E-state index in [9.17, 15) is 0 Å². The van der Waals surface area contributed by atoms with E-state index in [1.807, 2.05) is 24.0 Å². The fraction of sp³-hybridized carbons (Fsp3) is 0.667. The zero-order valence-electron chi connectivity index (χ0n) is 11.4. The van der Waals surface area contributed by atoms with Crippen LogP contribution in [0.25, 0.3) is 0 Å². The van der Waals surface area contributed by atoms with Gasteiger partial charge in [-0.1, -0.05) is 25.8 Å². The quantitative estimate of drug-likeness (QED) is 0.877. The van der Waals surface area contributed by atoms with Gasteiger partial charge >= 0.3 is 0 Å². The first kappa shape index (κ1) is 13.9. The Morgan fingerprint density at radius 1 is 1.39 bits per heavy atom. The molecule has 0 amide bonds. The SMILES string of the molecule is CCCC1CCC(NC)C(Sc2ccccn2)C1. The minimum Gasteiger partial charge on any atom is -0.316 e. The Morgan fingerprint density at radius 3 is 2.94 bits per heavy atom. The Hall–Kier alpha value is -0.540. The summed E-state index contributed by atoms with van der Waals surface area (Å²) in [5.41, 5.74) is 0. The third-order valence-electron chi connectivity index (χ3n) is 3.88. The van der Waals surface area contributed by atoms with Gasteiger partial charge in [0.15, 0.2) is 0 Å². The molecule has 2 nitrogen and oxygen atoms in total. The average molecular weight is 264 g/mol. The van der Waals surface area contributed by atoms with E-state index in [1.165, 1.54) is 37.1 Å². The zero-order chi connectivity index (χ0) is 12.8. The van der Waals surface area contributed by atoms with Gasteiger partial charge in [0.1, 0.15) is 0 Å². The van der Waals surface area contributed by atoms with Crippen molar-refractivity contribution in [3.63, 3.8) is 0 Å². The lowest BCUT2D eigenvalue weighted by Crippen LogP contribution is -2.40. The maximum atomic E-state index is 4.45.